The van der Waals surface area contributed by atoms with Crippen LogP contribution in [0.25, 0.3) is 0 Å². The molecule has 2 aliphatic rings. The third kappa shape index (κ3) is 1.82. The molecule has 2 aliphatic heterocycles. The van der Waals surface area contributed by atoms with Gasteiger partial charge in [-0.05, 0) is 25.0 Å². The molecule has 0 amide bonds. The lowest BCUT2D eigenvalue weighted by Crippen LogP contribution is -2.49. The van der Waals surface area contributed by atoms with Crippen LogP contribution in [0.2, 0.25) is 0 Å². The Kier molecular flexibility index (Phi) is 2.59. The molecule has 0 aromatic heterocycles. The second-order valence-corrected chi connectivity index (χ2v) is 4.36. The summed E-state index contributed by atoms with van der Waals surface area (Å²) in [4.78, 5) is 4.26. The summed E-state index contributed by atoms with van der Waals surface area (Å²) < 4.78 is 25.0. The Hall–Kier alpha value is -1.42. The Morgan fingerprint density at radius 3 is 2.88 bits per heavy atom. The summed E-state index contributed by atoms with van der Waals surface area (Å²) in [5.41, 5.74) is 0.866. The highest BCUT2D eigenvalue weighted by Crippen LogP contribution is 2.34. The number of ether oxygens (including phenoxy) is 2. The minimum Gasteiger partial charge on any atom is -0.440 e. The highest BCUT2D eigenvalue weighted by molar-refractivity contribution is 5.95. The number of halogens is 1. The molecule has 3 nitrogen and oxygen atoms in total. The van der Waals surface area contributed by atoms with E-state index in [2.05, 4.69) is 4.99 Å². The van der Waals surface area contributed by atoms with Gasteiger partial charge in [0.05, 0.1) is 6.61 Å². The van der Waals surface area contributed by atoms with Gasteiger partial charge in [-0.15, -0.1) is 0 Å². The quantitative estimate of drug-likeness (QED) is 0.747. The average Bonchev–Trinajstić information content (AvgIpc) is 2.80. The van der Waals surface area contributed by atoms with Crippen molar-refractivity contribution in [3.8, 4) is 0 Å². The molecule has 2 unspecified atom stereocenters. The fourth-order valence-electron chi connectivity index (χ4n) is 2.20. The van der Waals surface area contributed by atoms with E-state index in [1.165, 1.54) is 0 Å². The van der Waals surface area contributed by atoms with Crippen LogP contribution in [0.5, 0.6) is 0 Å². The monoisotopic (exact) mass is 235 g/mol. The highest BCUT2D eigenvalue weighted by Gasteiger charge is 2.49. The van der Waals surface area contributed by atoms with Crippen LogP contribution < -0.4 is 0 Å². The van der Waals surface area contributed by atoms with Gasteiger partial charge < -0.3 is 9.47 Å². The molecule has 3 rings (SSSR count). The Morgan fingerprint density at radius 2 is 2.12 bits per heavy atom. The Balaban J connectivity index is 1.80. The molecule has 17 heavy (non-hydrogen) atoms. The van der Waals surface area contributed by atoms with Crippen molar-refractivity contribution in [2.45, 2.75) is 24.8 Å². The first-order valence-corrected chi connectivity index (χ1v) is 5.87. The van der Waals surface area contributed by atoms with Crippen LogP contribution in [0.3, 0.4) is 0 Å². The van der Waals surface area contributed by atoms with E-state index >= 15 is 0 Å². The largest absolute Gasteiger partial charge is 0.440 e. The van der Waals surface area contributed by atoms with Crippen molar-refractivity contribution in [2.75, 3.05) is 13.2 Å². The Morgan fingerprint density at radius 1 is 1.29 bits per heavy atom. The average molecular weight is 235 g/mol. The molecule has 1 fully saturated rings. The van der Waals surface area contributed by atoms with E-state index in [9.17, 15) is 4.39 Å². The number of benzene rings is 1. The second-order valence-electron chi connectivity index (χ2n) is 4.36. The van der Waals surface area contributed by atoms with E-state index in [-0.39, 0.29) is 6.54 Å². The molecule has 2 atom stereocenters. The summed E-state index contributed by atoms with van der Waals surface area (Å²) in [7, 11) is 0. The summed E-state index contributed by atoms with van der Waals surface area (Å²) in [6, 6.07) is 9.52. The topological polar surface area (TPSA) is 30.8 Å². The van der Waals surface area contributed by atoms with Crippen LogP contribution in [0.4, 0.5) is 4.39 Å². The van der Waals surface area contributed by atoms with Gasteiger partial charge in [0.15, 0.2) is 6.17 Å². The molecule has 90 valence electrons. The zero-order valence-electron chi connectivity index (χ0n) is 9.43. The second kappa shape index (κ2) is 4.11. The van der Waals surface area contributed by atoms with Crippen LogP contribution >= 0.6 is 0 Å². The summed E-state index contributed by atoms with van der Waals surface area (Å²) >= 11 is 0. The Bertz CT molecular complexity index is 434. The van der Waals surface area contributed by atoms with Crippen LogP contribution in [-0.4, -0.2) is 31.0 Å². The fourth-order valence-corrected chi connectivity index (χ4v) is 2.20. The van der Waals surface area contributed by atoms with Crippen molar-refractivity contribution in [1.29, 1.82) is 0 Å². The summed E-state index contributed by atoms with van der Waals surface area (Å²) in [6.45, 7) is 0.788. The first-order valence-electron chi connectivity index (χ1n) is 5.87. The van der Waals surface area contributed by atoms with Gasteiger partial charge in [-0.2, -0.15) is 0 Å². The van der Waals surface area contributed by atoms with E-state index in [4.69, 9.17) is 9.47 Å². The lowest BCUT2D eigenvalue weighted by atomic mass is 10.0. The zero-order chi connectivity index (χ0) is 11.7. The third-order valence-corrected chi connectivity index (χ3v) is 3.16. The number of rotatable bonds is 1. The number of aliphatic imine (C=N–C) groups is 1. The normalized spacial score (nSPS) is 32.3. The molecule has 0 bridgehead atoms. The van der Waals surface area contributed by atoms with Crippen LogP contribution in [0.1, 0.15) is 18.4 Å². The lowest BCUT2D eigenvalue weighted by molar-refractivity contribution is -0.232. The first-order chi connectivity index (χ1) is 8.30. The summed E-state index contributed by atoms with van der Waals surface area (Å²) in [6.07, 6.45) is 0.131. The smallest absolute Gasteiger partial charge is 0.263 e. The van der Waals surface area contributed by atoms with Crippen LogP contribution in [0, 0.1) is 0 Å². The molecular formula is C13H14FNO2. The van der Waals surface area contributed by atoms with Crippen molar-refractivity contribution in [3.05, 3.63) is 35.9 Å². The number of hydrogen-bond acceptors (Lipinski definition) is 3. The maximum absolute atomic E-state index is 13.9. The van der Waals surface area contributed by atoms with E-state index < -0.39 is 12.0 Å². The highest BCUT2D eigenvalue weighted by atomic mass is 19.1. The lowest BCUT2D eigenvalue weighted by Gasteiger charge is -2.35. The van der Waals surface area contributed by atoms with Crippen molar-refractivity contribution >= 4 is 5.90 Å². The first kappa shape index (κ1) is 10.7. The van der Waals surface area contributed by atoms with Gasteiger partial charge in [-0.25, -0.2) is 9.38 Å². The minimum atomic E-state index is -1.16. The maximum atomic E-state index is 13.9. The standard InChI is InChI=1S/C13H14FNO2/c14-11-7-4-8-16-13(11)9-15-12(17-13)10-5-2-1-3-6-10/h1-3,5-6,11H,4,7-9H2. The molecular weight excluding hydrogens is 221 g/mol. The molecule has 1 aromatic carbocycles. The number of hydrogen-bond donors (Lipinski definition) is 0. The van der Waals surface area contributed by atoms with E-state index in [1.54, 1.807) is 0 Å². The molecule has 0 radical (unpaired) electrons. The number of nitrogens with zero attached hydrogens (tertiary/aromatic N) is 1. The number of alkyl halides is 1. The van der Waals surface area contributed by atoms with Crippen molar-refractivity contribution in [2.24, 2.45) is 4.99 Å². The van der Waals surface area contributed by atoms with Gasteiger partial charge in [-0.3, -0.25) is 0 Å². The summed E-state index contributed by atoms with van der Waals surface area (Å²) in [5.74, 6) is -0.682. The molecule has 1 aromatic rings. The Labute approximate surface area is 99.3 Å². The molecule has 2 heterocycles. The van der Waals surface area contributed by atoms with E-state index in [0.29, 0.717) is 18.9 Å². The van der Waals surface area contributed by atoms with E-state index in [1.807, 2.05) is 30.3 Å². The zero-order valence-corrected chi connectivity index (χ0v) is 9.43. The van der Waals surface area contributed by atoms with Crippen molar-refractivity contribution in [3.63, 3.8) is 0 Å². The predicted molar refractivity (Wildman–Crippen MR) is 61.7 cm³/mol. The molecule has 1 spiro atoms. The minimum absolute atomic E-state index is 0.248. The van der Waals surface area contributed by atoms with Crippen LogP contribution in [-0.2, 0) is 9.47 Å². The van der Waals surface area contributed by atoms with Gasteiger partial charge in [0.1, 0.15) is 6.54 Å². The molecule has 0 N–H and O–H groups in total. The van der Waals surface area contributed by atoms with Gasteiger partial charge in [-0.1, -0.05) is 18.2 Å². The predicted octanol–water partition coefficient (Wildman–Crippen LogP) is 2.31. The van der Waals surface area contributed by atoms with Gasteiger partial charge >= 0.3 is 0 Å². The van der Waals surface area contributed by atoms with E-state index in [0.717, 1.165) is 12.0 Å². The summed E-state index contributed by atoms with van der Waals surface area (Å²) in [5, 5.41) is 0. The third-order valence-electron chi connectivity index (χ3n) is 3.16. The van der Waals surface area contributed by atoms with Crippen molar-refractivity contribution < 1.29 is 13.9 Å². The van der Waals surface area contributed by atoms with Crippen molar-refractivity contribution in [1.82, 2.24) is 0 Å². The van der Waals surface area contributed by atoms with Gasteiger partial charge in [0.25, 0.3) is 5.79 Å². The van der Waals surface area contributed by atoms with Gasteiger partial charge in [0.2, 0.25) is 5.90 Å². The fraction of sp³-hybridized carbons (Fsp3) is 0.462. The maximum Gasteiger partial charge on any atom is 0.263 e. The van der Waals surface area contributed by atoms with Gasteiger partial charge in [0, 0.05) is 5.56 Å². The molecule has 0 saturated carbocycles. The molecule has 0 aliphatic carbocycles. The van der Waals surface area contributed by atoms with Crippen LogP contribution in [0.15, 0.2) is 35.3 Å². The molecule has 4 heteroatoms. The molecule has 1 saturated heterocycles. The SMILES string of the molecule is FC1CCCOC12CN=C(c1ccccc1)O2.